The molecule has 3 aromatic carbocycles. The third kappa shape index (κ3) is 4.14. The maximum absolute atomic E-state index is 13.1. The zero-order chi connectivity index (χ0) is 23.5. The minimum absolute atomic E-state index is 0.0956. The summed E-state index contributed by atoms with van der Waals surface area (Å²) in [5, 5.41) is 22.2. The van der Waals surface area contributed by atoms with Gasteiger partial charge in [-0.05, 0) is 31.2 Å². The van der Waals surface area contributed by atoms with Gasteiger partial charge < -0.3 is 5.11 Å². The molecule has 0 radical (unpaired) electrons. The number of carbonyl (C=O) groups is 1. The Morgan fingerprint density at radius 3 is 2.62 bits per heavy atom. The van der Waals surface area contributed by atoms with E-state index in [1.807, 2.05) is 61.5 Å². The fourth-order valence-corrected chi connectivity index (χ4v) is 3.76. The molecule has 0 atom stereocenters. The molecule has 5 rings (SSSR count). The van der Waals surface area contributed by atoms with Gasteiger partial charge in [0.2, 0.25) is 0 Å². The fraction of sp³-hybridized carbons (Fsp3) is 0.0370. The number of rotatable bonds is 5. The van der Waals surface area contributed by atoms with E-state index in [0.29, 0.717) is 27.7 Å². The van der Waals surface area contributed by atoms with Gasteiger partial charge in [-0.1, -0.05) is 60.2 Å². The van der Waals surface area contributed by atoms with E-state index in [9.17, 15) is 9.90 Å². The standard InChI is InChI=1S/C27H21N5O2/c1-17-10-12-18(13-11-17)26-19(15-28-31-26)16-29-32-27(34)22-14-24(21-7-3-5-9-25(21)33)30-23-8-4-2-6-20(22)23/h2-16,33H,1H3,(H,28,31)(H,32,34)/b29-16-. The summed E-state index contributed by atoms with van der Waals surface area (Å²) in [5.41, 5.74) is 8.42. The van der Waals surface area contributed by atoms with Crippen molar-refractivity contribution in [2.45, 2.75) is 6.92 Å². The number of hydrazone groups is 1. The van der Waals surface area contributed by atoms with E-state index in [0.717, 1.165) is 16.8 Å². The number of fused-ring (bicyclic) bond motifs is 1. The van der Waals surface area contributed by atoms with E-state index in [1.165, 1.54) is 5.56 Å². The number of nitrogens with one attached hydrogen (secondary N) is 2. The highest BCUT2D eigenvalue weighted by molar-refractivity contribution is 6.07. The smallest absolute Gasteiger partial charge is 0.272 e. The van der Waals surface area contributed by atoms with Crippen molar-refractivity contribution in [2.75, 3.05) is 0 Å². The summed E-state index contributed by atoms with van der Waals surface area (Å²) in [4.78, 5) is 17.7. The maximum atomic E-state index is 13.1. The molecule has 2 heterocycles. The van der Waals surface area contributed by atoms with Crippen LogP contribution in [0, 0.1) is 6.92 Å². The van der Waals surface area contributed by atoms with Crippen molar-refractivity contribution in [3.05, 3.63) is 102 Å². The summed E-state index contributed by atoms with van der Waals surface area (Å²) in [5.74, 6) is -0.287. The van der Waals surface area contributed by atoms with Crippen LogP contribution in [0.5, 0.6) is 5.75 Å². The lowest BCUT2D eigenvalue weighted by Gasteiger charge is -2.10. The van der Waals surface area contributed by atoms with Crippen molar-refractivity contribution >= 4 is 23.0 Å². The second-order valence-electron chi connectivity index (χ2n) is 7.85. The number of aryl methyl sites for hydroxylation is 1. The van der Waals surface area contributed by atoms with Crippen molar-refractivity contribution in [3.8, 4) is 28.3 Å². The first-order valence-electron chi connectivity index (χ1n) is 10.7. The summed E-state index contributed by atoms with van der Waals surface area (Å²) in [6.45, 7) is 2.03. The van der Waals surface area contributed by atoms with Crippen LogP contribution >= 0.6 is 0 Å². The van der Waals surface area contributed by atoms with E-state index in [4.69, 9.17) is 0 Å². The quantitative estimate of drug-likeness (QED) is 0.258. The minimum atomic E-state index is -0.382. The topological polar surface area (TPSA) is 103 Å². The molecular formula is C27H21N5O2. The number of hydrogen-bond donors (Lipinski definition) is 3. The summed E-state index contributed by atoms with van der Waals surface area (Å²) in [7, 11) is 0. The van der Waals surface area contributed by atoms with Crippen molar-refractivity contribution < 1.29 is 9.90 Å². The number of aromatic amines is 1. The van der Waals surface area contributed by atoms with Crippen LogP contribution < -0.4 is 5.43 Å². The number of nitrogens with zero attached hydrogens (tertiary/aromatic N) is 3. The molecule has 0 spiro atoms. The van der Waals surface area contributed by atoms with Crippen LogP contribution in [0.3, 0.4) is 0 Å². The first-order valence-corrected chi connectivity index (χ1v) is 10.7. The molecule has 2 aromatic heterocycles. The summed E-state index contributed by atoms with van der Waals surface area (Å²) in [6.07, 6.45) is 3.22. The summed E-state index contributed by atoms with van der Waals surface area (Å²) >= 11 is 0. The molecule has 34 heavy (non-hydrogen) atoms. The Hall–Kier alpha value is -4.78. The summed E-state index contributed by atoms with van der Waals surface area (Å²) in [6, 6.07) is 24.0. The molecule has 7 heteroatoms. The van der Waals surface area contributed by atoms with Gasteiger partial charge in [-0.3, -0.25) is 9.89 Å². The van der Waals surface area contributed by atoms with Gasteiger partial charge in [0.05, 0.1) is 34.9 Å². The number of benzene rings is 3. The van der Waals surface area contributed by atoms with Gasteiger partial charge in [-0.2, -0.15) is 10.2 Å². The molecule has 5 aromatic rings. The van der Waals surface area contributed by atoms with Crippen molar-refractivity contribution in [3.63, 3.8) is 0 Å². The zero-order valence-electron chi connectivity index (χ0n) is 18.4. The first kappa shape index (κ1) is 21.1. The number of aromatic hydroxyl groups is 1. The number of aromatic nitrogens is 3. The monoisotopic (exact) mass is 447 g/mol. The summed E-state index contributed by atoms with van der Waals surface area (Å²) < 4.78 is 0. The van der Waals surface area contributed by atoms with E-state index >= 15 is 0 Å². The molecule has 0 bridgehead atoms. The Balaban J connectivity index is 1.45. The van der Waals surface area contributed by atoms with Gasteiger partial charge in [-0.25, -0.2) is 10.4 Å². The van der Waals surface area contributed by atoms with Gasteiger partial charge in [-0.15, -0.1) is 0 Å². The highest BCUT2D eigenvalue weighted by atomic mass is 16.3. The molecule has 0 saturated heterocycles. The van der Waals surface area contributed by atoms with E-state index < -0.39 is 0 Å². The van der Waals surface area contributed by atoms with Gasteiger partial charge in [0.1, 0.15) is 5.75 Å². The molecule has 0 aliphatic rings. The van der Waals surface area contributed by atoms with Crippen LogP contribution in [0.2, 0.25) is 0 Å². The predicted octanol–water partition coefficient (Wildman–Crippen LogP) is 5.07. The Kier molecular flexibility index (Phi) is 5.58. The van der Waals surface area contributed by atoms with Crippen LogP contribution in [-0.2, 0) is 0 Å². The van der Waals surface area contributed by atoms with Gasteiger partial charge in [0.15, 0.2) is 0 Å². The SMILES string of the molecule is Cc1ccc(-c2[nH]ncc2/C=N\NC(=O)c2cc(-c3ccccc3O)nc3ccccc23)cc1. The molecule has 0 unspecified atom stereocenters. The molecule has 1 amide bonds. The average Bonchev–Trinajstić information content (AvgIpc) is 3.32. The number of phenolic OH excluding ortho intramolecular Hbond substituents is 1. The third-order valence-corrected chi connectivity index (χ3v) is 5.52. The molecule has 0 saturated carbocycles. The first-order chi connectivity index (χ1) is 16.6. The normalized spacial score (nSPS) is 11.2. The molecule has 0 aliphatic heterocycles. The Morgan fingerprint density at radius 2 is 1.79 bits per heavy atom. The van der Waals surface area contributed by atoms with Crippen LogP contribution in [-0.4, -0.2) is 32.4 Å². The predicted molar refractivity (Wildman–Crippen MR) is 133 cm³/mol. The second-order valence-corrected chi connectivity index (χ2v) is 7.85. The Bertz CT molecular complexity index is 1520. The van der Waals surface area contributed by atoms with Crippen molar-refractivity contribution in [1.82, 2.24) is 20.6 Å². The number of pyridine rings is 1. The Morgan fingerprint density at radius 1 is 1.03 bits per heavy atom. The average molecular weight is 447 g/mol. The number of hydrogen-bond acceptors (Lipinski definition) is 5. The molecule has 166 valence electrons. The maximum Gasteiger partial charge on any atom is 0.272 e. The molecular weight excluding hydrogens is 426 g/mol. The van der Waals surface area contributed by atoms with Crippen LogP contribution in [0.15, 0.2) is 90.2 Å². The molecule has 3 N–H and O–H groups in total. The van der Waals surface area contributed by atoms with Gasteiger partial charge in [0, 0.05) is 22.1 Å². The Labute approximate surface area is 195 Å². The highest BCUT2D eigenvalue weighted by Gasteiger charge is 2.15. The number of amides is 1. The lowest BCUT2D eigenvalue weighted by atomic mass is 10.0. The van der Waals surface area contributed by atoms with Gasteiger partial charge in [0.25, 0.3) is 5.91 Å². The van der Waals surface area contributed by atoms with Crippen LogP contribution in [0.4, 0.5) is 0 Å². The zero-order valence-corrected chi connectivity index (χ0v) is 18.4. The lowest BCUT2D eigenvalue weighted by molar-refractivity contribution is 0.0956. The van der Waals surface area contributed by atoms with Crippen LogP contribution in [0.25, 0.3) is 33.4 Å². The number of H-pyrrole nitrogens is 1. The highest BCUT2D eigenvalue weighted by Crippen LogP contribution is 2.30. The van der Waals surface area contributed by atoms with Crippen LogP contribution in [0.1, 0.15) is 21.5 Å². The molecule has 0 fully saturated rings. The van der Waals surface area contributed by atoms with Crippen molar-refractivity contribution in [1.29, 1.82) is 0 Å². The largest absolute Gasteiger partial charge is 0.507 e. The molecule has 0 aliphatic carbocycles. The lowest BCUT2D eigenvalue weighted by Crippen LogP contribution is -2.18. The third-order valence-electron chi connectivity index (χ3n) is 5.52. The second kappa shape index (κ2) is 8.99. The van der Waals surface area contributed by atoms with E-state index in [2.05, 4.69) is 25.7 Å². The van der Waals surface area contributed by atoms with E-state index in [1.54, 1.807) is 36.7 Å². The number of carbonyl (C=O) groups excluding carboxylic acids is 1. The fourth-order valence-electron chi connectivity index (χ4n) is 3.76. The van der Waals surface area contributed by atoms with Crippen molar-refractivity contribution in [2.24, 2.45) is 5.10 Å². The number of phenols is 1. The minimum Gasteiger partial charge on any atom is -0.507 e. The van der Waals surface area contributed by atoms with E-state index in [-0.39, 0.29) is 11.7 Å². The van der Waals surface area contributed by atoms with Gasteiger partial charge >= 0.3 is 0 Å². The number of para-hydroxylation sites is 2. The molecule has 7 nitrogen and oxygen atoms in total.